The summed E-state index contributed by atoms with van der Waals surface area (Å²) in [6, 6.07) is 15.7. The number of carbonyl (C=O) groups is 1. The Kier molecular flexibility index (Phi) is 3.92. The molecule has 2 aromatic rings. The fraction of sp³-hybridized carbons (Fsp3) is 0.211. The molecule has 0 spiro atoms. The number of hydrogen-bond donors (Lipinski definition) is 1. The molecule has 1 N–H and O–H groups in total. The van der Waals surface area contributed by atoms with Gasteiger partial charge in [-0.3, -0.25) is 4.79 Å². The lowest BCUT2D eigenvalue weighted by atomic mass is 9.85. The first-order chi connectivity index (χ1) is 10.4. The van der Waals surface area contributed by atoms with Gasteiger partial charge in [0.05, 0.1) is 0 Å². The summed E-state index contributed by atoms with van der Waals surface area (Å²) in [6.45, 7) is 4.31. The molecule has 0 fully saturated rings. The monoisotopic (exact) mass is 355 g/mol. The van der Waals surface area contributed by atoms with E-state index in [2.05, 4.69) is 47.2 Å². The molecule has 1 heterocycles. The van der Waals surface area contributed by atoms with Gasteiger partial charge in [0.1, 0.15) is 0 Å². The SMILES string of the molecule is CC1(C)Cc2ccccc2/C(=C/C(=O)c2ccc(Br)cc2)N1. The predicted octanol–water partition coefficient (Wildman–Crippen LogP) is 4.60. The van der Waals surface area contributed by atoms with Gasteiger partial charge in [0, 0.05) is 32.9 Å². The van der Waals surface area contributed by atoms with Gasteiger partial charge in [-0.15, -0.1) is 0 Å². The molecule has 1 aliphatic heterocycles. The van der Waals surface area contributed by atoms with Crippen LogP contribution in [0.25, 0.3) is 5.70 Å². The zero-order chi connectivity index (χ0) is 15.7. The first-order valence-electron chi connectivity index (χ1n) is 7.33. The molecule has 0 aliphatic carbocycles. The number of fused-ring (bicyclic) bond motifs is 1. The Morgan fingerprint density at radius 2 is 1.82 bits per heavy atom. The second-order valence-electron chi connectivity index (χ2n) is 6.27. The number of hydrogen-bond acceptors (Lipinski definition) is 2. The highest BCUT2D eigenvalue weighted by molar-refractivity contribution is 9.10. The van der Waals surface area contributed by atoms with Gasteiger partial charge in [-0.1, -0.05) is 40.2 Å². The average molecular weight is 356 g/mol. The summed E-state index contributed by atoms with van der Waals surface area (Å²) in [4.78, 5) is 12.5. The van der Waals surface area contributed by atoms with E-state index in [1.165, 1.54) is 5.56 Å². The number of allylic oxidation sites excluding steroid dienone is 1. The molecular weight excluding hydrogens is 338 g/mol. The Hall–Kier alpha value is -1.87. The molecule has 0 saturated heterocycles. The van der Waals surface area contributed by atoms with Crippen molar-refractivity contribution >= 4 is 27.4 Å². The molecule has 2 nitrogen and oxygen atoms in total. The molecule has 3 rings (SSSR count). The van der Waals surface area contributed by atoms with Crippen molar-refractivity contribution in [2.24, 2.45) is 0 Å². The molecule has 112 valence electrons. The van der Waals surface area contributed by atoms with Gasteiger partial charge in [0.15, 0.2) is 5.78 Å². The molecule has 0 radical (unpaired) electrons. The van der Waals surface area contributed by atoms with Crippen LogP contribution >= 0.6 is 15.9 Å². The molecule has 3 heteroatoms. The summed E-state index contributed by atoms with van der Waals surface area (Å²) in [7, 11) is 0. The van der Waals surface area contributed by atoms with E-state index in [1.807, 2.05) is 36.4 Å². The maximum Gasteiger partial charge on any atom is 0.187 e. The largest absolute Gasteiger partial charge is 0.379 e. The lowest BCUT2D eigenvalue weighted by Gasteiger charge is -2.35. The molecule has 0 bridgehead atoms. The van der Waals surface area contributed by atoms with Crippen LogP contribution < -0.4 is 5.32 Å². The fourth-order valence-electron chi connectivity index (χ4n) is 2.83. The molecule has 2 aromatic carbocycles. The second kappa shape index (κ2) is 5.73. The van der Waals surface area contributed by atoms with Crippen molar-refractivity contribution in [2.45, 2.75) is 25.8 Å². The Balaban J connectivity index is 1.99. The first kappa shape index (κ1) is 15.0. The van der Waals surface area contributed by atoms with Gasteiger partial charge in [0.25, 0.3) is 0 Å². The first-order valence-corrected chi connectivity index (χ1v) is 8.12. The summed E-state index contributed by atoms with van der Waals surface area (Å²) in [5.41, 5.74) is 3.94. The van der Waals surface area contributed by atoms with Crippen molar-refractivity contribution in [3.8, 4) is 0 Å². The Morgan fingerprint density at radius 3 is 2.55 bits per heavy atom. The maximum atomic E-state index is 12.5. The highest BCUT2D eigenvalue weighted by Gasteiger charge is 2.27. The number of carbonyl (C=O) groups excluding carboxylic acids is 1. The van der Waals surface area contributed by atoms with Crippen molar-refractivity contribution in [1.29, 1.82) is 0 Å². The molecule has 0 aromatic heterocycles. The van der Waals surface area contributed by atoms with Crippen LogP contribution in [0.3, 0.4) is 0 Å². The highest BCUT2D eigenvalue weighted by Crippen LogP contribution is 2.29. The standard InChI is InChI=1S/C19H18BrNO/c1-19(2)12-14-5-3-4-6-16(14)17(21-19)11-18(22)13-7-9-15(20)10-8-13/h3-11,21H,12H2,1-2H3/b17-11-. The van der Waals surface area contributed by atoms with Crippen molar-refractivity contribution in [3.05, 3.63) is 75.8 Å². The quantitative estimate of drug-likeness (QED) is 0.630. The van der Waals surface area contributed by atoms with E-state index >= 15 is 0 Å². The lowest BCUT2D eigenvalue weighted by Crippen LogP contribution is -2.43. The zero-order valence-corrected chi connectivity index (χ0v) is 14.3. The van der Waals surface area contributed by atoms with Gasteiger partial charge in [0.2, 0.25) is 0 Å². The number of benzene rings is 2. The summed E-state index contributed by atoms with van der Waals surface area (Å²) in [5.74, 6) is 0.0162. The predicted molar refractivity (Wildman–Crippen MR) is 93.8 cm³/mol. The van der Waals surface area contributed by atoms with Crippen molar-refractivity contribution in [2.75, 3.05) is 0 Å². The van der Waals surface area contributed by atoms with Gasteiger partial charge in [-0.05, 0) is 50.1 Å². The third-order valence-corrected chi connectivity index (χ3v) is 4.35. The molecule has 0 unspecified atom stereocenters. The molecule has 1 aliphatic rings. The fourth-order valence-corrected chi connectivity index (χ4v) is 3.10. The molecule has 0 saturated carbocycles. The molecule has 0 atom stereocenters. The van der Waals surface area contributed by atoms with Gasteiger partial charge in [-0.25, -0.2) is 0 Å². The van der Waals surface area contributed by atoms with Crippen molar-refractivity contribution in [3.63, 3.8) is 0 Å². The maximum absolute atomic E-state index is 12.5. The Bertz CT molecular complexity index is 744. The minimum Gasteiger partial charge on any atom is -0.379 e. The van der Waals surface area contributed by atoms with Crippen LogP contribution in [-0.4, -0.2) is 11.3 Å². The number of ketones is 1. The van der Waals surface area contributed by atoms with Gasteiger partial charge < -0.3 is 5.32 Å². The van der Waals surface area contributed by atoms with E-state index in [-0.39, 0.29) is 11.3 Å². The van der Waals surface area contributed by atoms with E-state index in [0.29, 0.717) is 5.56 Å². The van der Waals surface area contributed by atoms with Crippen LogP contribution in [0.1, 0.15) is 35.3 Å². The summed E-state index contributed by atoms with van der Waals surface area (Å²) in [5, 5.41) is 3.49. The van der Waals surface area contributed by atoms with E-state index in [0.717, 1.165) is 22.2 Å². The summed E-state index contributed by atoms with van der Waals surface area (Å²) >= 11 is 3.39. The normalized spacial score (nSPS) is 17.7. The minimum atomic E-state index is -0.0554. The van der Waals surface area contributed by atoms with E-state index < -0.39 is 0 Å². The third-order valence-electron chi connectivity index (χ3n) is 3.82. The molecule has 0 amide bonds. The topological polar surface area (TPSA) is 29.1 Å². The number of halogens is 1. The molecule has 22 heavy (non-hydrogen) atoms. The van der Waals surface area contributed by atoms with Crippen LogP contribution in [0.5, 0.6) is 0 Å². The highest BCUT2D eigenvalue weighted by atomic mass is 79.9. The molecular formula is C19H18BrNO. The van der Waals surface area contributed by atoms with Crippen LogP contribution in [0.15, 0.2) is 59.1 Å². The van der Waals surface area contributed by atoms with Crippen LogP contribution in [0.2, 0.25) is 0 Å². The second-order valence-corrected chi connectivity index (χ2v) is 7.19. The van der Waals surface area contributed by atoms with E-state index in [4.69, 9.17) is 0 Å². The van der Waals surface area contributed by atoms with Crippen LogP contribution in [0.4, 0.5) is 0 Å². The average Bonchev–Trinajstić information content (AvgIpc) is 2.46. The van der Waals surface area contributed by atoms with Crippen LogP contribution in [-0.2, 0) is 6.42 Å². The summed E-state index contributed by atoms with van der Waals surface area (Å²) < 4.78 is 0.971. The van der Waals surface area contributed by atoms with E-state index in [9.17, 15) is 4.79 Å². The number of rotatable bonds is 2. The smallest absolute Gasteiger partial charge is 0.187 e. The Labute approximate surface area is 139 Å². The summed E-state index contributed by atoms with van der Waals surface area (Å²) in [6.07, 6.45) is 2.66. The Morgan fingerprint density at radius 1 is 1.14 bits per heavy atom. The van der Waals surface area contributed by atoms with Gasteiger partial charge in [-0.2, -0.15) is 0 Å². The number of nitrogens with one attached hydrogen (secondary N) is 1. The van der Waals surface area contributed by atoms with Crippen molar-refractivity contribution in [1.82, 2.24) is 5.32 Å². The lowest BCUT2D eigenvalue weighted by molar-refractivity contribution is 0.104. The van der Waals surface area contributed by atoms with Crippen LogP contribution in [0, 0.1) is 0 Å². The third kappa shape index (κ3) is 3.14. The van der Waals surface area contributed by atoms with E-state index in [1.54, 1.807) is 6.08 Å². The van der Waals surface area contributed by atoms with Crippen molar-refractivity contribution < 1.29 is 4.79 Å². The van der Waals surface area contributed by atoms with Gasteiger partial charge >= 0.3 is 0 Å². The minimum absolute atomic E-state index is 0.0162. The zero-order valence-electron chi connectivity index (χ0n) is 12.7.